The van der Waals surface area contributed by atoms with E-state index in [1.807, 2.05) is 6.07 Å². The van der Waals surface area contributed by atoms with Gasteiger partial charge in [-0.15, -0.1) is 0 Å². The van der Waals surface area contributed by atoms with E-state index in [0.717, 1.165) is 18.4 Å². The highest BCUT2D eigenvalue weighted by Crippen LogP contribution is 2.46. The predicted molar refractivity (Wildman–Crippen MR) is 97.0 cm³/mol. The van der Waals surface area contributed by atoms with Crippen LogP contribution in [0.1, 0.15) is 55.5 Å². The lowest BCUT2D eigenvalue weighted by Crippen LogP contribution is -2.14. The molecule has 0 aromatic heterocycles. The molecular formula is C22H24O2. The van der Waals surface area contributed by atoms with Crippen LogP contribution in [0.4, 0.5) is 0 Å². The van der Waals surface area contributed by atoms with E-state index in [0.29, 0.717) is 5.57 Å². The third kappa shape index (κ3) is 3.28. The fraction of sp³-hybridized carbons (Fsp3) is 0.318. The summed E-state index contributed by atoms with van der Waals surface area (Å²) in [4.78, 5) is 11.9. The van der Waals surface area contributed by atoms with Crippen molar-refractivity contribution >= 4 is 5.97 Å². The van der Waals surface area contributed by atoms with Crippen LogP contribution in [0.2, 0.25) is 0 Å². The smallest absolute Gasteiger partial charge is 0.333 e. The zero-order valence-electron chi connectivity index (χ0n) is 14.6. The molecule has 2 aromatic rings. The monoisotopic (exact) mass is 320 g/mol. The third-order valence-corrected chi connectivity index (χ3v) is 4.74. The molecule has 1 aliphatic carbocycles. The molecule has 1 atom stereocenters. The first-order valence-corrected chi connectivity index (χ1v) is 8.40. The number of esters is 1. The summed E-state index contributed by atoms with van der Waals surface area (Å²) in [6.07, 6.45) is 1.56. The number of carbonyl (C=O) groups is 1. The summed E-state index contributed by atoms with van der Waals surface area (Å²) in [6.45, 7) is 9.79. The van der Waals surface area contributed by atoms with Crippen LogP contribution in [-0.2, 0) is 21.4 Å². The second-order valence-corrected chi connectivity index (χ2v) is 7.35. The van der Waals surface area contributed by atoms with Crippen molar-refractivity contribution in [3.8, 4) is 0 Å². The zero-order valence-corrected chi connectivity index (χ0v) is 14.6. The highest BCUT2D eigenvalue weighted by Gasteiger charge is 2.39. The molecule has 124 valence electrons. The zero-order chi connectivity index (χ0) is 17.3. The van der Waals surface area contributed by atoms with Crippen molar-refractivity contribution < 1.29 is 9.53 Å². The Hall–Kier alpha value is -2.35. The van der Waals surface area contributed by atoms with Gasteiger partial charge in [0.2, 0.25) is 0 Å². The van der Waals surface area contributed by atoms with E-state index in [2.05, 4.69) is 62.9 Å². The van der Waals surface area contributed by atoms with Gasteiger partial charge in [0.25, 0.3) is 0 Å². The van der Waals surface area contributed by atoms with Crippen molar-refractivity contribution in [3.63, 3.8) is 0 Å². The number of hydrogen-bond donors (Lipinski definition) is 0. The van der Waals surface area contributed by atoms with E-state index in [1.54, 1.807) is 6.92 Å². The first-order chi connectivity index (χ1) is 11.4. The maximum absolute atomic E-state index is 11.9. The van der Waals surface area contributed by atoms with Gasteiger partial charge in [-0.1, -0.05) is 69.0 Å². The standard InChI is InChI=1S/C22H24O2/c1-15(2)21(23)24-20-14-22(3,4)19-13-17(10-11-18(19)20)12-16-8-6-5-7-9-16/h5-11,13,20H,1,12,14H2,2-4H3. The molecular weight excluding hydrogens is 296 g/mol. The quantitative estimate of drug-likeness (QED) is 0.577. The summed E-state index contributed by atoms with van der Waals surface area (Å²) in [6, 6.07) is 17.0. The molecule has 0 bridgehead atoms. The molecule has 0 saturated carbocycles. The van der Waals surface area contributed by atoms with Gasteiger partial charge in [-0.25, -0.2) is 4.79 Å². The highest BCUT2D eigenvalue weighted by molar-refractivity contribution is 5.87. The fourth-order valence-electron chi connectivity index (χ4n) is 3.43. The molecule has 2 nitrogen and oxygen atoms in total. The summed E-state index contributed by atoms with van der Waals surface area (Å²) in [7, 11) is 0. The normalized spacial score (nSPS) is 18.0. The first kappa shape index (κ1) is 16.5. The molecule has 0 N–H and O–H groups in total. The molecule has 1 unspecified atom stereocenters. The van der Waals surface area contributed by atoms with Gasteiger partial charge in [0.1, 0.15) is 6.10 Å². The molecule has 0 heterocycles. The minimum Gasteiger partial charge on any atom is -0.454 e. The largest absolute Gasteiger partial charge is 0.454 e. The van der Waals surface area contributed by atoms with Crippen LogP contribution in [0.3, 0.4) is 0 Å². The van der Waals surface area contributed by atoms with Gasteiger partial charge in [0.05, 0.1) is 0 Å². The Morgan fingerprint density at radius 1 is 1.17 bits per heavy atom. The van der Waals surface area contributed by atoms with Crippen LogP contribution < -0.4 is 0 Å². The maximum atomic E-state index is 11.9. The van der Waals surface area contributed by atoms with Crippen LogP contribution in [0.15, 0.2) is 60.7 Å². The lowest BCUT2D eigenvalue weighted by atomic mass is 9.85. The molecule has 2 heteroatoms. The Morgan fingerprint density at radius 2 is 1.88 bits per heavy atom. The van der Waals surface area contributed by atoms with E-state index in [4.69, 9.17) is 4.74 Å². The SMILES string of the molecule is C=C(C)C(=O)OC1CC(C)(C)c2cc(Cc3ccccc3)ccc21. The lowest BCUT2D eigenvalue weighted by molar-refractivity contribution is -0.144. The first-order valence-electron chi connectivity index (χ1n) is 8.40. The maximum Gasteiger partial charge on any atom is 0.333 e. The molecule has 0 fully saturated rings. The fourth-order valence-corrected chi connectivity index (χ4v) is 3.43. The van der Waals surface area contributed by atoms with Gasteiger partial charge in [-0.2, -0.15) is 0 Å². The van der Waals surface area contributed by atoms with Crippen molar-refractivity contribution in [1.29, 1.82) is 0 Å². The minimum atomic E-state index is -0.308. The topological polar surface area (TPSA) is 26.3 Å². The van der Waals surface area contributed by atoms with Crippen LogP contribution >= 0.6 is 0 Å². The average molecular weight is 320 g/mol. The Kier molecular flexibility index (Phi) is 4.31. The van der Waals surface area contributed by atoms with E-state index < -0.39 is 0 Å². The van der Waals surface area contributed by atoms with Crippen LogP contribution in [0.5, 0.6) is 0 Å². The molecule has 0 radical (unpaired) electrons. The van der Waals surface area contributed by atoms with Gasteiger partial charge >= 0.3 is 5.97 Å². The van der Waals surface area contributed by atoms with Gasteiger partial charge in [-0.05, 0) is 47.4 Å². The Labute approximate surface area is 144 Å². The Morgan fingerprint density at radius 3 is 2.54 bits per heavy atom. The number of rotatable bonds is 4. The van der Waals surface area contributed by atoms with Crippen LogP contribution in [-0.4, -0.2) is 5.97 Å². The number of benzene rings is 2. The van der Waals surface area contributed by atoms with Crippen molar-refractivity contribution in [2.75, 3.05) is 0 Å². The van der Waals surface area contributed by atoms with E-state index >= 15 is 0 Å². The van der Waals surface area contributed by atoms with Crippen LogP contribution in [0.25, 0.3) is 0 Å². The Balaban J connectivity index is 1.88. The lowest BCUT2D eigenvalue weighted by Gasteiger charge is -2.19. The minimum absolute atomic E-state index is 0.00204. The summed E-state index contributed by atoms with van der Waals surface area (Å²) < 4.78 is 5.65. The number of hydrogen-bond acceptors (Lipinski definition) is 2. The van der Waals surface area contributed by atoms with Gasteiger partial charge in [0, 0.05) is 5.57 Å². The molecule has 0 amide bonds. The van der Waals surface area contributed by atoms with Crippen molar-refractivity contribution in [2.45, 2.75) is 45.1 Å². The van der Waals surface area contributed by atoms with Gasteiger partial charge in [0.15, 0.2) is 0 Å². The van der Waals surface area contributed by atoms with Crippen molar-refractivity contribution in [1.82, 2.24) is 0 Å². The van der Waals surface area contributed by atoms with Gasteiger partial charge in [-0.3, -0.25) is 0 Å². The summed E-state index contributed by atoms with van der Waals surface area (Å²) >= 11 is 0. The molecule has 3 rings (SSSR count). The molecule has 1 aliphatic rings. The van der Waals surface area contributed by atoms with E-state index in [9.17, 15) is 4.79 Å². The molecule has 0 spiro atoms. The number of ether oxygens (including phenoxy) is 1. The van der Waals surface area contributed by atoms with E-state index in [-0.39, 0.29) is 17.5 Å². The number of fused-ring (bicyclic) bond motifs is 1. The Bertz CT molecular complexity index is 772. The summed E-state index contributed by atoms with van der Waals surface area (Å²) in [5.74, 6) is -0.308. The van der Waals surface area contributed by atoms with Crippen molar-refractivity contribution in [3.05, 3.63) is 82.9 Å². The third-order valence-electron chi connectivity index (χ3n) is 4.74. The van der Waals surface area contributed by atoms with Crippen LogP contribution in [0, 0.1) is 0 Å². The molecule has 24 heavy (non-hydrogen) atoms. The molecule has 0 aliphatic heterocycles. The summed E-state index contributed by atoms with van der Waals surface area (Å²) in [5.41, 5.74) is 5.46. The number of carbonyl (C=O) groups excluding carboxylic acids is 1. The highest BCUT2D eigenvalue weighted by atomic mass is 16.5. The second-order valence-electron chi connectivity index (χ2n) is 7.35. The molecule has 0 saturated heterocycles. The summed E-state index contributed by atoms with van der Waals surface area (Å²) in [5, 5.41) is 0. The predicted octanol–water partition coefficient (Wildman–Crippen LogP) is 5.12. The van der Waals surface area contributed by atoms with E-state index in [1.165, 1.54) is 16.7 Å². The van der Waals surface area contributed by atoms with Crippen molar-refractivity contribution in [2.24, 2.45) is 0 Å². The molecule has 2 aromatic carbocycles. The average Bonchev–Trinajstić information content (AvgIpc) is 2.79. The van der Waals surface area contributed by atoms with Gasteiger partial charge < -0.3 is 4.74 Å². The second kappa shape index (κ2) is 6.27.